The molecule has 1 nitrogen and oxygen atoms in total. The van der Waals surface area contributed by atoms with E-state index in [1.165, 1.54) is 33.2 Å². The van der Waals surface area contributed by atoms with Crippen LogP contribution in [0.25, 0.3) is 33.0 Å². The van der Waals surface area contributed by atoms with Crippen molar-refractivity contribution in [3.05, 3.63) is 90.0 Å². The molecule has 0 aromatic heterocycles. The van der Waals surface area contributed by atoms with Gasteiger partial charge in [0.05, 0.1) is 7.11 Å². The fraction of sp³-hybridized carbons (Fsp3) is 0.214. The van der Waals surface area contributed by atoms with E-state index in [2.05, 4.69) is 92.7 Å². The molecule has 4 aromatic rings. The lowest BCUT2D eigenvalue weighted by atomic mass is 9.73. The summed E-state index contributed by atoms with van der Waals surface area (Å²) in [5.41, 5.74) is 8.18. The minimum atomic E-state index is 0.0893. The topological polar surface area (TPSA) is 9.23 Å². The van der Waals surface area contributed by atoms with Crippen LogP contribution in [0.1, 0.15) is 37.8 Å². The summed E-state index contributed by atoms with van der Waals surface area (Å²) in [7, 11) is 1.77. The summed E-state index contributed by atoms with van der Waals surface area (Å²) in [6.07, 6.45) is 2.21. The Morgan fingerprint density at radius 2 is 1.38 bits per heavy atom. The van der Waals surface area contributed by atoms with Crippen LogP contribution in [0.5, 0.6) is 5.75 Å². The highest BCUT2D eigenvalue weighted by Gasteiger charge is 2.40. The van der Waals surface area contributed by atoms with Crippen molar-refractivity contribution in [3.63, 3.8) is 0 Å². The summed E-state index contributed by atoms with van der Waals surface area (Å²) in [5, 5.41) is 2.37. The van der Waals surface area contributed by atoms with Gasteiger partial charge in [0.2, 0.25) is 0 Å². The molecule has 4 aromatic carbocycles. The van der Waals surface area contributed by atoms with Crippen molar-refractivity contribution >= 4 is 10.8 Å². The van der Waals surface area contributed by atoms with Gasteiger partial charge in [0.1, 0.15) is 5.75 Å². The fourth-order valence-corrected chi connectivity index (χ4v) is 5.33. The van der Waals surface area contributed by atoms with Crippen molar-refractivity contribution in [2.75, 3.05) is 7.11 Å². The summed E-state index contributed by atoms with van der Waals surface area (Å²) in [6, 6.07) is 28.7. The van der Waals surface area contributed by atoms with Crippen LogP contribution >= 0.6 is 0 Å². The van der Waals surface area contributed by atoms with Crippen LogP contribution in [0.2, 0.25) is 0 Å². The standard InChI is InChI=1S/C28H26O/c1-4-28(5-2)25-13-9-8-12-23(25)24-17-15-20(18-26(24)28)22-16-14-19-10-6-7-11-21(19)27(22)29-3/h6-18H,4-5H2,1-3H3. The maximum atomic E-state index is 5.90. The average Bonchev–Trinajstić information content (AvgIpc) is 3.07. The van der Waals surface area contributed by atoms with Gasteiger partial charge < -0.3 is 4.74 Å². The minimum absolute atomic E-state index is 0.0893. The van der Waals surface area contributed by atoms with Crippen molar-refractivity contribution < 1.29 is 4.74 Å². The van der Waals surface area contributed by atoms with Gasteiger partial charge in [-0.25, -0.2) is 0 Å². The Hall–Kier alpha value is -3.06. The van der Waals surface area contributed by atoms with E-state index in [9.17, 15) is 0 Å². The first-order chi connectivity index (χ1) is 14.2. The number of hydrogen-bond donors (Lipinski definition) is 0. The molecular formula is C28H26O. The number of hydrogen-bond acceptors (Lipinski definition) is 1. The second kappa shape index (κ2) is 6.77. The summed E-state index contributed by atoms with van der Waals surface area (Å²) < 4.78 is 5.90. The third-order valence-corrected chi connectivity index (χ3v) is 6.87. The lowest BCUT2D eigenvalue weighted by molar-refractivity contribution is 0.421. The van der Waals surface area contributed by atoms with E-state index in [4.69, 9.17) is 4.74 Å². The first kappa shape index (κ1) is 18.0. The molecule has 1 aliphatic carbocycles. The molecule has 0 radical (unpaired) electrons. The Bertz CT molecular complexity index is 1210. The lowest BCUT2D eigenvalue weighted by Crippen LogP contribution is -2.23. The summed E-state index contributed by atoms with van der Waals surface area (Å²) in [4.78, 5) is 0. The molecule has 0 bridgehead atoms. The zero-order valence-electron chi connectivity index (χ0n) is 17.3. The van der Waals surface area contributed by atoms with E-state index in [1.807, 2.05) is 0 Å². The molecule has 0 saturated carbocycles. The van der Waals surface area contributed by atoms with Crippen LogP contribution in [0.4, 0.5) is 0 Å². The average molecular weight is 379 g/mol. The summed E-state index contributed by atoms with van der Waals surface area (Å²) in [5.74, 6) is 0.956. The predicted molar refractivity (Wildman–Crippen MR) is 123 cm³/mol. The largest absolute Gasteiger partial charge is 0.495 e. The number of benzene rings is 4. The van der Waals surface area contributed by atoms with Gasteiger partial charge in [-0.05, 0) is 52.1 Å². The van der Waals surface area contributed by atoms with Crippen LogP contribution in [0.15, 0.2) is 78.9 Å². The Labute approximate surface area is 173 Å². The zero-order valence-corrected chi connectivity index (χ0v) is 17.3. The van der Waals surface area contributed by atoms with Gasteiger partial charge in [0.25, 0.3) is 0 Å². The molecule has 0 unspecified atom stereocenters. The molecule has 0 amide bonds. The van der Waals surface area contributed by atoms with E-state index >= 15 is 0 Å². The number of rotatable bonds is 4. The first-order valence-corrected chi connectivity index (χ1v) is 10.5. The number of fused-ring (bicyclic) bond motifs is 4. The van der Waals surface area contributed by atoms with Gasteiger partial charge >= 0.3 is 0 Å². The second-order valence-electron chi connectivity index (χ2n) is 7.96. The van der Waals surface area contributed by atoms with Gasteiger partial charge in [-0.1, -0.05) is 86.6 Å². The Balaban J connectivity index is 1.76. The van der Waals surface area contributed by atoms with Gasteiger partial charge in [0, 0.05) is 16.4 Å². The van der Waals surface area contributed by atoms with E-state index in [0.29, 0.717) is 0 Å². The van der Waals surface area contributed by atoms with Crippen molar-refractivity contribution in [1.82, 2.24) is 0 Å². The van der Waals surface area contributed by atoms with Gasteiger partial charge in [-0.3, -0.25) is 0 Å². The highest BCUT2D eigenvalue weighted by molar-refractivity contribution is 5.96. The molecule has 0 fully saturated rings. The van der Waals surface area contributed by atoms with E-state index in [0.717, 1.165) is 29.5 Å². The van der Waals surface area contributed by atoms with Crippen LogP contribution in [-0.2, 0) is 5.41 Å². The van der Waals surface area contributed by atoms with E-state index in [-0.39, 0.29) is 5.41 Å². The lowest BCUT2D eigenvalue weighted by Gasteiger charge is -2.30. The maximum absolute atomic E-state index is 5.90. The number of methoxy groups -OCH3 is 1. The quantitative estimate of drug-likeness (QED) is 0.355. The molecule has 0 heterocycles. The van der Waals surface area contributed by atoms with Crippen molar-refractivity contribution in [2.24, 2.45) is 0 Å². The minimum Gasteiger partial charge on any atom is -0.495 e. The molecule has 29 heavy (non-hydrogen) atoms. The fourth-order valence-electron chi connectivity index (χ4n) is 5.33. The molecule has 0 spiro atoms. The van der Waals surface area contributed by atoms with Gasteiger partial charge in [-0.15, -0.1) is 0 Å². The smallest absolute Gasteiger partial charge is 0.134 e. The van der Waals surface area contributed by atoms with Crippen LogP contribution in [-0.4, -0.2) is 7.11 Å². The Morgan fingerprint density at radius 3 is 2.17 bits per heavy atom. The van der Waals surface area contributed by atoms with Crippen LogP contribution in [0, 0.1) is 0 Å². The number of ether oxygens (including phenoxy) is 1. The first-order valence-electron chi connectivity index (χ1n) is 10.5. The summed E-state index contributed by atoms with van der Waals surface area (Å²) in [6.45, 7) is 4.64. The van der Waals surface area contributed by atoms with Crippen LogP contribution < -0.4 is 4.74 Å². The molecule has 0 aliphatic heterocycles. The summed E-state index contributed by atoms with van der Waals surface area (Å²) >= 11 is 0. The van der Waals surface area contributed by atoms with Gasteiger partial charge in [-0.2, -0.15) is 0 Å². The SMILES string of the molecule is CCC1(CC)c2ccccc2-c2ccc(-c3ccc4ccccc4c3OC)cc21. The molecule has 0 saturated heterocycles. The second-order valence-corrected chi connectivity index (χ2v) is 7.96. The van der Waals surface area contributed by atoms with Crippen molar-refractivity contribution in [3.8, 4) is 28.0 Å². The monoisotopic (exact) mass is 378 g/mol. The maximum Gasteiger partial charge on any atom is 0.134 e. The van der Waals surface area contributed by atoms with Crippen molar-refractivity contribution in [1.29, 1.82) is 0 Å². The molecule has 0 atom stereocenters. The highest BCUT2D eigenvalue weighted by atomic mass is 16.5. The third-order valence-electron chi connectivity index (χ3n) is 6.87. The normalized spacial score (nSPS) is 13.9. The Morgan fingerprint density at radius 1 is 0.690 bits per heavy atom. The molecule has 5 rings (SSSR count). The van der Waals surface area contributed by atoms with E-state index < -0.39 is 0 Å². The van der Waals surface area contributed by atoms with Gasteiger partial charge in [0.15, 0.2) is 0 Å². The third kappa shape index (κ3) is 2.47. The van der Waals surface area contributed by atoms with E-state index in [1.54, 1.807) is 7.11 Å². The predicted octanol–water partition coefficient (Wildman–Crippen LogP) is 7.60. The highest BCUT2D eigenvalue weighted by Crippen LogP contribution is 2.53. The molecular weight excluding hydrogens is 352 g/mol. The molecule has 1 aliphatic rings. The Kier molecular flexibility index (Phi) is 4.20. The molecule has 0 N–H and O–H groups in total. The van der Waals surface area contributed by atoms with Crippen LogP contribution in [0.3, 0.4) is 0 Å². The molecule has 144 valence electrons. The van der Waals surface area contributed by atoms with Crippen molar-refractivity contribution in [2.45, 2.75) is 32.1 Å². The zero-order chi connectivity index (χ0) is 20.0. The molecule has 1 heteroatoms.